The Morgan fingerprint density at radius 3 is 2.59 bits per heavy atom. The van der Waals surface area contributed by atoms with E-state index in [1.54, 1.807) is 30.0 Å². The molecule has 1 amide bonds. The number of anilines is 1. The summed E-state index contributed by atoms with van der Waals surface area (Å²) in [6.07, 6.45) is 1.48. The highest BCUT2D eigenvalue weighted by Gasteiger charge is 2.53. The van der Waals surface area contributed by atoms with E-state index in [2.05, 4.69) is 10.6 Å². The molecular formula is C19H26ClN3O4. The first-order valence-electron chi connectivity index (χ1n) is 9.38. The molecule has 0 radical (unpaired) electrons. The van der Waals surface area contributed by atoms with Gasteiger partial charge in [-0.05, 0) is 44.7 Å². The number of aliphatic hydroxyl groups is 1. The van der Waals surface area contributed by atoms with E-state index < -0.39 is 11.9 Å². The number of carbonyl (C=O) groups excluding carboxylic acids is 2. The lowest BCUT2D eigenvalue weighted by atomic mass is 9.96. The zero-order chi connectivity index (χ0) is 19.4. The highest BCUT2D eigenvalue weighted by Crippen LogP contribution is 2.38. The third-order valence-corrected chi connectivity index (χ3v) is 5.47. The van der Waals surface area contributed by atoms with Crippen molar-refractivity contribution in [2.75, 3.05) is 25.0 Å². The van der Waals surface area contributed by atoms with Gasteiger partial charge in [0.15, 0.2) is 6.35 Å². The van der Waals surface area contributed by atoms with Gasteiger partial charge >= 0.3 is 5.97 Å². The van der Waals surface area contributed by atoms with Crippen LogP contribution in [0.4, 0.5) is 5.69 Å². The molecule has 3 rings (SSSR count). The SMILES string of the molecule is CCOC(=O)C1CCN(C(=O)C2(NC(O)Nc3ccccc3Cl)CC2)CC1. The number of likely N-dealkylation sites (tertiary alicyclic amines) is 1. The molecule has 8 heteroatoms. The Labute approximate surface area is 164 Å². The van der Waals surface area contributed by atoms with Crippen molar-refractivity contribution in [2.24, 2.45) is 5.92 Å². The number of ether oxygens (including phenoxy) is 1. The average Bonchev–Trinajstić information content (AvgIpc) is 3.44. The number of para-hydroxylation sites is 1. The van der Waals surface area contributed by atoms with Crippen molar-refractivity contribution in [1.82, 2.24) is 10.2 Å². The van der Waals surface area contributed by atoms with Gasteiger partial charge in [-0.1, -0.05) is 23.7 Å². The summed E-state index contributed by atoms with van der Waals surface area (Å²) < 4.78 is 5.07. The molecule has 1 heterocycles. The lowest BCUT2D eigenvalue weighted by molar-refractivity contribution is -0.151. The molecular weight excluding hydrogens is 370 g/mol. The highest BCUT2D eigenvalue weighted by molar-refractivity contribution is 6.33. The second-order valence-corrected chi connectivity index (χ2v) is 7.48. The summed E-state index contributed by atoms with van der Waals surface area (Å²) in [4.78, 5) is 26.5. The van der Waals surface area contributed by atoms with Crippen molar-refractivity contribution in [2.45, 2.75) is 44.5 Å². The number of esters is 1. The van der Waals surface area contributed by atoms with Gasteiger partial charge in [0, 0.05) is 13.1 Å². The summed E-state index contributed by atoms with van der Waals surface area (Å²) in [5.74, 6) is -0.336. The molecule has 0 aromatic heterocycles. The topological polar surface area (TPSA) is 90.9 Å². The third-order valence-electron chi connectivity index (χ3n) is 5.14. The van der Waals surface area contributed by atoms with E-state index in [-0.39, 0.29) is 17.8 Å². The molecule has 27 heavy (non-hydrogen) atoms. The molecule has 2 fully saturated rings. The third kappa shape index (κ3) is 4.72. The smallest absolute Gasteiger partial charge is 0.309 e. The van der Waals surface area contributed by atoms with Crippen molar-refractivity contribution in [3.8, 4) is 0 Å². The fourth-order valence-electron chi connectivity index (χ4n) is 3.45. The van der Waals surface area contributed by atoms with Crippen LogP contribution in [0.2, 0.25) is 5.02 Å². The van der Waals surface area contributed by atoms with Gasteiger partial charge in [0.25, 0.3) is 0 Å². The summed E-state index contributed by atoms with van der Waals surface area (Å²) in [6.45, 7) is 3.22. The van der Waals surface area contributed by atoms with Gasteiger partial charge in [-0.25, -0.2) is 0 Å². The number of piperidine rings is 1. The Morgan fingerprint density at radius 2 is 2.00 bits per heavy atom. The van der Waals surface area contributed by atoms with Crippen LogP contribution in [0, 0.1) is 5.92 Å². The van der Waals surface area contributed by atoms with Crippen molar-refractivity contribution >= 4 is 29.2 Å². The van der Waals surface area contributed by atoms with Crippen molar-refractivity contribution in [1.29, 1.82) is 0 Å². The lowest BCUT2D eigenvalue weighted by Crippen LogP contribution is -2.55. The Kier molecular flexibility index (Phi) is 6.24. The quantitative estimate of drug-likeness (QED) is 0.483. The van der Waals surface area contributed by atoms with Crippen LogP contribution in [-0.2, 0) is 14.3 Å². The zero-order valence-electron chi connectivity index (χ0n) is 15.4. The van der Waals surface area contributed by atoms with Gasteiger partial charge < -0.3 is 20.1 Å². The molecule has 0 spiro atoms. The second kappa shape index (κ2) is 8.46. The maximum atomic E-state index is 12.9. The fraction of sp³-hybridized carbons (Fsp3) is 0.579. The van der Waals surface area contributed by atoms with E-state index >= 15 is 0 Å². The Morgan fingerprint density at radius 1 is 1.33 bits per heavy atom. The highest BCUT2D eigenvalue weighted by atomic mass is 35.5. The van der Waals surface area contributed by atoms with Gasteiger partial charge in [0.2, 0.25) is 5.91 Å². The van der Waals surface area contributed by atoms with Crippen LogP contribution in [0.5, 0.6) is 0 Å². The number of nitrogens with zero attached hydrogens (tertiary/aromatic N) is 1. The van der Waals surface area contributed by atoms with E-state index in [4.69, 9.17) is 16.3 Å². The summed E-state index contributed by atoms with van der Waals surface area (Å²) >= 11 is 6.09. The van der Waals surface area contributed by atoms with Crippen LogP contribution in [0.3, 0.4) is 0 Å². The normalized spacial score (nSPS) is 20.0. The van der Waals surface area contributed by atoms with Crippen LogP contribution >= 0.6 is 11.6 Å². The molecule has 1 aliphatic heterocycles. The van der Waals surface area contributed by atoms with E-state index in [1.807, 2.05) is 6.07 Å². The molecule has 1 saturated carbocycles. The number of carbonyl (C=O) groups is 2. The number of hydrogen-bond acceptors (Lipinski definition) is 6. The molecule has 1 atom stereocenters. The predicted octanol–water partition coefficient (Wildman–Crippen LogP) is 1.95. The molecule has 0 bridgehead atoms. The van der Waals surface area contributed by atoms with Gasteiger partial charge in [0.1, 0.15) is 5.54 Å². The monoisotopic (exact) mass is 395 g/mol. The molecule has 1 aliphatic carbocycles. The molecule has 3 N–H and O–H groups in total. The second-order valence-electron chi connectivity index (χ2n) is 7.07. The Hall–Kier alpha value is -1.83. The minimum absolute atomic E-state index is 0.0233. The van der Waals surface area contributed by atoms with Crippen LogP contribution in [0.15, 0.2) is 24.3 Å². The molecule has 1 aromatic carbocycles. The largest absolute Gasteiger partial charge is 0.466 e. The van der Waals surface area contributed by atoms with E-state index in [0.717, 1.165) is 0 Å². The van der Waals surface area contributed by atoms with Crippen LogP contribution in [-0.4, -0.2) is 53.5 Å². The summed E-state index contributed by atoms with van der Waals surface area (Å²) in [5, 5.41) is 16.7. The Bertz CT molecular complexity index is 687. The van der Waals surface area contributed by atoms with Crippen molar-refractivity contribution < 1.29 is 19.4 Å². The first kappa shape index (κ1) is 19.9. The van der Waals surface area contributed by atoms with E-state index in [9.17, 15) is 14.7 Å². The Balaban J connectivity index is 1.52. The van der Waals surface area contributed by atoms with Crippen LogP contribution in [0.25, 0.3) is 0 Å². The van der Waals surface area contributed by atoms with Gasteiger partial charge in [-0.15, -0.1) is 0 Å². The summed E-state index contributed by atoms with van der Waals surface area (Å²) in [6, 6.07) is 7.10. The zero-order valence-corrected chi connectivity index (χ0v) is 16.2. The molecule has 1 saturated heterocycles. The average molecular weight is 396 g/mol. The molecule has 1 aromatic rings. The predicted molar refractivity (Wildman–Crippen MR) is 102 cm³/mol. The molecule has 7 nitrogen and oxygen atoms in total. The molecule has 148 valence electrons. The van der Waals surface area contributed by atoms with Gasteiger partial charge in [-0.2, -0.15) is 0 Å². The maximum Gasteiger partial charge on any atom is 0.309 e. The first-order chi connectivity index (χ1) is 12.9. The van der Waals surface area contributed by atoms with E-state index in [0.29, 0.717) is 56.1 Å². The van der Waals surface area contributed by atoms with Gasteiger partial charge in [0.05, 0.1) is 23.2 Å². The van der Waals surface area contributed by atoms with Crippen molar-refractivity contribution in [3.63, 3.8) is 0 Å². The number of halogens is 1. The van der Waals surface area contributed by atoms with Crippen LogP contribution < -0.4 is 10.6 Å². The number of nitrogens with one attached hydrogen (secondary N) is 2. The minimum atomic E-state index is -1.09. The number of aliphatic hydroxyl groups excluding tert-OH is 1. The summed E-state index contributed by atoms with van der Waals surface area (Å²) in [7, 11) is 0. The minimum Gasteiger partial charge on any atom is -0.466 e. The number of hydrogen-bond donors (Lipinski definition) is 3. The van der Waals surface area contributed by atoms with E-state index in [1.165, 1.54) is 0 Å². The standard InChI is InChI=1S/C19H26ClN3O4/c1-2-27-16(24)13-7-11-23(12-8-13)17(25)19(9-10-19)22-18(26)21-15-6-4-3-5-14(15)20/h3-6,13,18,21-22,26H,2,7-12H2,1H3. The first-order valence-corrected chi connectivity index (χ1v) is 9.76. The number of benzene rings is 1. The molecule has 2 aliphatic rings. The van der Waals surface area contributed by atoms with Crippen LogP contribution in [0.1, 0.15) is 32.6 Å². The lowest BCUT2D eigenvalue weighted by Gasteiger charge is -2.34. The fourth-order valence-corrected chi connectivity index (χ4v) is 3.64. The summed E-state index contributed by atoms with van der Waals surface area (Å²) in [5.41, 5.74) is -0.151. The number of rotatable bonds is 7. The number of amides is 1. The van der Waals surface area contributed by atoms with Crippen molar-refractivity contribution in [3.05, 3.63) is 29.3 Å². The maximum absolute atomic E-state index is 12.9. The molecule has 1 unspecified atom stereocenters. The van der Waals surface area contributed by atoms with Gasteiger partial charge in [-0.3, -0.25) is 14.9 Å².